The summed E-state index contributed by atoms with van der Waals surface area (Å²) in [6.07, 6.45) is 12.5. The Morgan fingerprint density at radius 3 is 2.44 bits per heavy atom. The van der Waals surface area contributed by atoms with E-state index in [1.54, 1.807) is 13.3 Å². The van der Waals surface area contributed by atoms with Gasteiger partial charge in [-0.2, -0.15) is 5.10 Å². The number of pyridine rings is 2. The van der Waals surface area contributed by atoms with Crippen molar-refractivity contribution in [3.63, 3.8) is 0 Å². The number of anilines is 1. The minimum Gasteiger partial charge on any atom is -0.495 e. The Morgan fingerprint density at radius 2 is 1.79 bits per heavy atom. The highest BCUT2D eigenvalue weighted by atomic mass is 16.6. The zero-order chi connectivity index (χ0) is 33.8. The van der Waals surface area contributed by atoms with Gasteiger partial charge in [-0.1, -0.05) is 0 Å². The Morgan fingerprint density at radius 1 is 1.04 bits per heavy atom. The highest BCUT2D eigenvalue weighted by Gasteiger charge is 2.35. The summed E-state index contributed by atoms with van der Waals surface area (Å²) < 4.78 is 13.0. The van der Waals surface area contributed by atoms with E-state index in [0.717, 1.165) is 53.9 Å². The SMILES string of the molecule is COc1ccc(C2CCC(CN(C(=O)C3CCC(OC(=O)NC4CC(O)C4)CC3)c3cc(-c4cnn(C(C)C)c4)ccn3)CC2)nc1C. The molecular formula is C37H50N6O5. The van der Waals surface area contributed by atoms with Crippen LogP contribution in [-0.2, 0) is 9.53 Å². The van der Waals surface area contributed by atoms with E-state index in [4.69, 9.17) is 19.4 Å². The summed E-state index contributed by atoms with van der Waals surface area (Å²) >= 11 is 0. The summed E-state index contributed by atoms with van der Waals surface area (Å²) in [5.41, 5.74) is 4.01. The van der Waals surface area contributed by atoms with E-state index in [1.165, 1.54) is 0 Å². The van der Waals surface area contributed by atoms with Crippen molar-refractivity contribution >= 4 is 17.8 Å². The van der Waals surface area contributed by atoms with Gasteiger partial charge >= 0.3 is 6.09 Å². The fourth-order valence-electron chi connectivity index (χ4n) is 7.43. The molecule has 3 fully saturated rings. The molecule has 3 aliphatic rings. The van der Waals surface area contributed by atoms with Gasteiger partial charge in [0.25, 0.3) is 0 Å². The fourth-order valence-corrected chi connectivity index (χ4v) is 7.43. The lowest BCUT2D eigenvalue weighted by atomic mass is 9.79. The smallest absolute Gasteiger partial charge is 0.407 e. The van der Waals surface area contributed by atoms with Gasteiger partial charge in [0.15, 0.2) is 0 Å². The van der Waals surface area contributed by atoms with E-state index in [0.29, 0.717) is 62.7 Å². The van der Waals surface area contributed by atoms with Crippen LogP contribution in [0.5, 0.6) is 5.75 Å². The van der Waals surface area contributed by atoms with E-state index >= 15 is 0 Å². The number of aliphatic hydroxyl groups is 1. The second-order valence-electron chi connectivity index (χ2n) is 14.2. The van der Waals surface area contributed by atoms with Crippen LogP contribution in [0.4, 0.5) is 10.6 Å². The number of methoxy groups -OCH3 is 1. The Kier molecular flexibility index (Phi) is 10.6. The monoisotopic (exact) mass is 658 g/mol. The van der Waals surface area contributed by atoms with Crippen molar-refractivity contribution in [1.29, 1.82) is 0 Å². The van der Waals surface area contributed by atoms with Crippen LogP contribution in [0.2, 0.25) is 0 Å². The van der Waals surface area contributed by atoms with Gasteiger partial charge in [0, 0.05) is 54.1 Å². The molecule has 11 heteroatoms. The number of nitrogens with one attached hydrogen (secondary N) is 1. The summed E-state index contributed by atoms with van der Waals surface area (Å²) in [7, 11) is 1.67. The van der Waals surface area contributed by atoms with E-state index in [9.17, 15) is 14.7 Å². The fraction of sp³-hybridized carbons (Fsp3) is 0.595. The third-order valence-electron chi connectivity index (χ3n) is 10.5. The van der Waals surface area contributed by atoms with Gasteiger partial charge in [-0.3, -0.25) is 19.4 Å². The normalized spacial score (nSPS) is 25.6. The van der Waals surface area contributed by atoms with Crippen molar-refractivity contribution in [1.82, 2.24) is 25.1 Å². The molecule has 48 heavy (non-hydrogen) atoms. The average Bonchev–Trinajstić information content (AvgIpc) is 3.58. The number of alkyl carbamates (subject to hydrolysis) is 1. The molecule has 3 aromatic rings. The minimum absolute atomic E-state index is 0.0198. The first kappa shape index (κ1) is 33.9. The van der Waals surface area contributed by atoms with Crippen molar-refractivity contribution in [2.45, 2.75) is 115 Å². The Balaban J connectivity index is 1.13. The van der Waals surface area contributed by atoms with Crippen molar-refractivity contribution in [2.75, 3.05) is 18.6 Å². The largest absolute Gasteiger partial charge is 0.495 e. The number of hydrogen-bond acceptors (Lipinski definition) is 8. The first-order valence-corrected chi connectivity index (χ1v) is 17.7. The molecular weight excluding hydrogens is 608 g/mol. The Hall–Kier alpha value is -3.99. The highest BCUT2D eigenvalue weighted by molar-refractivity contribution is 5.94. The van der Waals surface area contributed by atoms with Gasteiger partial charge in [-0.05, 0) is 121 Å². The molecule has 2 amide bonds. The highest BCUT2D eigenvalue weighted by Crippen LogP contribution is 2.38. The maximum atomic E-state index is 14.4. The third-order valence-corrected chi connectivity index (χ3v) is 10.5. The molecule has 2 N–H and O–H groups in total. The van der Waals surface area contributed by atoms with Crippen molar-refractivity contribution in [3.05, 3.63) is 54.2 Å². The van der Waals surface area contributed by atoms with Gasteiger partial charge in [0.2, 0.25) is 5.91 Å². The summed E-state index contributed by atoms with van der Waals surface area (Å²) in [5, 5.41) is 16.9. The maximum absolute atomic E-state index is 14.4. The van der Waals surface area contributed by atoms with Crippen LogP contribution in [0.25, 0.3) is 11.1 Å². The van der Waals surface area contributed by atoms with Gasteiger partial charge in [0.05, 0.1) is 25.1 Å². The molecule has 3 aliphatic carbocycles. The molecule has 0 saturated heterocycles. The third kappa shape index (κ3) is 7.99. The number of rotatable bonds is 10. The molecule has 3 aromatic heterocycles. The second kappa shape index (κ2) is 15.1. The summed E-state index contributed by atoms with van der Waals surface area (Å²) in [6.45, 7) is 6.81. The zero-order valence-electron chi connectivity index (χ0n) is 28.7. The summed E-state index contributed by atoms with van der Waals surface area (Å²) in [6, 6.07) is 8.33. The Bertz CT molecular complexity index is 1550. The van der Waals surface area contributed by atoms with Crippen molar-refractivity contribution < 1.29 is 24.2 Å². The lowest BCUT2D eigenvalue weighted by molar-refractivity contribution is -0.124. The number of aliphatic hydroxyl groups excluding tert-OH is 1. The van der Waals surface area contributed by atoms with Crippen LogP contribution in [-0.4, -0.2) is 68.8 Å². The number of aryl methyl sites for hydroxylation is 1. The lowest BCUT2D eigenvalue weighted by Gasteiger charge is -2.36. The Labute approximate surface area is 283 Å². The van der Waals surface area contributed by atoms with Crippen LogP contribution < -0.4 is 15.0 Å². The zero-order valence-corrected chi connectivity index (χ0v) is 28.7. The van der Waals surface area contributed by atoms with E-state index in [2.05, 4.69) is 30.3 Å². The van der Waals surface area contributed by atoms with E-state index in [-0.39, 0.29) is 36.1 Å². The average molecular weight is 659 g/mol. The van der Waals surface area contributed by atoms with Crippen LogP contribution >= 0.6 is 0 Å². The number of hydrogen-bond donors (Lipinski definition) is 2. The number of carbonyl (C=O) groups is 2. The second-order valence-corrected chi connectivity index (χ2v) is 14.2. The molecule has 3 heterocycles. The van der Waals surface area contributed by atoms with Crippen LogP contribution in [0.3, 0.4) is 0 Å². The van der Waals surface area contributed by atoms with Crippen molar-refractivity contribution in [2.24, 2.45) is 11.8 Å². The van der Waals surface area contributed by atoms with Crippen LogP contribution in [0, 0.1) is 18.8 Å². The first-order chi connectivity index (χ1) is 23.2. The number of ether oxygens (including phenoxy) is 2. The molecule has 0 bridgehead atoms. The minimum atomic E-state index is -0.430. The molecule has 0 aromatic carbocycles. The molecule has 11 nitrogen and oxygen atoms in total. The molecule has 258 valence electrons. The molecule has 0 unspecified atom stereocenters. The molecule has 0 spiro atoms. The summed E-state index contributed by atoms with van der Waals surface area (Å²) in [5.74, 6) is 2.17. The number of carbonyl (C=O) groups excluding carboxylic acids is 2. The van der Waals surface area contributed by atoms with Crippen LogP contribution in [0.15, 0.2) is 42.9 Å². The maximum Gasteiger partial charge on any atom is 0.407 e. The van der Waals surface area contributed by atoms with E-state index < -0.39 is 6.09 Å². The van der Waals surface area contributed by atoms with Gasteiger partial charge in [-0.25, -0.2) is 9.78 Å². The molecule has 0 radical (unpaired) electrons. The first-order valence-electron chi connectivity index (χ1n) is 17.7. The van der Waals surface area contributed by atoms with E-state index in [1.807, 2.05) is 47.1 Å². The quantitative estimate of drug-likeness (QED) is 0.258. The van der Waals surface area contributed by atoms with Gasteiger partial charge in [0.1, 0.15) is 17.7 Å². The van der Waals surface area contributed by atoms with Crippen LogP contribution in [0.1, 0.15) is 101 Å². The standard InChI is InChI=1S/C37H50N6O5/c1-23(2)43-22-29(20-39-43)28-15-16-38-35(17-28)42(21-25-5-7-26(8-6-25)33-13-14-34(47-4)24(3)40-33)36(45)27-9-11-32(12-10-27)48-37(46)41-30-18-31(44)19-30/h13-17,20,22-23,25-27,30-32,44H,5-12,18-19,21H2,1-4H3,(H,41,46). The molecule has 3 saturated carbocycles. The predicted molar refractivity (Wildman–Crippen MR) is 183 cm³/mol. The molecule has 0 atom stereocenters. The molecule has 0 aliphatic heterocycles. The van der Waals surface area contributed by atoms with Gasteiger partial charge < -0.3 is 19.9 Å². The summed E-state index contributed by atoms with van der Waals surface area (Å²) in [4.78, 5) is 38.2. The van der Waals surface area contributed by atoms with Crippen molar-refractivity contribution in [3.8, 4) is 16.9 Å². The topological polar surface area (TPSA) is 132 Å². The predicted octanol–water partition coefficient (Wildman–Crippen LogP) is 6.35. The number of nitrogens with zero attached hydrogens (tertiary/aromatic N) is 5. The molecule has 6 rings (SSSR count). The number of aromatic nitrogens is 4. The number of amides is 2. The lowest BCUT2D eigenvalue weighted by Crippen LogP contribution is -2.48. The van der Waals surface area contributed by atoms with Gasteiger partial charge in [-0.15, -0.1) is 0 Å².